The van der Waals surface area contributed by atoms with E-state index < -0.39 is 5.97 Å². The molecule has 1 rings (SSSR count). The Labute approximate surface area is 94.3 Å². The highest BCUT2D eigenvalue weighted by Gasteiger charge is 2.18. The number of nitrogens with one attached hydrogen (secondary N) is 1. The Kier molecular flexibility index (Phi) is 4.25. The van der Waals surface area contributed by atoms with Crippen LogP contribution in [0.4, 0.5) is 0 Å². The largest absolute Gasteiger partial charge is 0.406 e. The molecule has 0 spiro atoms. The van der Waals surface area contributed by atoms with Crippen LogP contribution in [0.15, 0.2) is 23.1 Å². The zero-order chi connectivity index (χ0) is 12.1. The number of hydrogen-bond donors (Lipinski definition) is 2. The van der Waals surface area contributed by atoms with Crippen LogP contribution in [0.25, 0.3) is 0 Å². The van der Waals surface area contributed by atoms with Crippen molar-refractivity contribution in [2.75, 3.05) is 0 Å². The number of allylic oxidation sites excluding steroid dienone is 2. The molecule has 0 aliphatic carbocycles. The van der Waals surface area contributed by atoms with Gasteiger partial charge in [-0.15, -0.1) is 0 Å². The third-order valence-electron chi connectivity index (χ3n) is 2.19. The van der Waals surface area contributed by atoms with Crippen LogP contribution >= 0.6 is 0 Å². The fourth-order valence-corrected chi connectivity index (χ4v) is 1.39. The van der Waals surface area contributed by atoms with E-state index in [-0.39, 0.29) is 12.0 Å². The van der Waals surface area contributed by atoms with E-state index in [9.17, 15) is 9.59 Å². The fraction of sp³-hybridized carbons (Fsp3) is 0.455. The summed E-state index contributed by atoms with van der Waals surface area (Å²) >= 11 is 0. The Morgan fingerprint density at radius 1 is 1.69 bits per heavy atom. The van der Waals surface area contributed by atoms with Gasteiger partial charge in [-0.1, -0.05) is 12.5 Å². The summed E-state index contributed by atoms with van der Waals surface area (Å²) in [5.41, 5.74) is 6.82. The molecule has 88 valence electrons. The van der Waals surface area contributed by atoms with Crippen LogP contribution in [-0.4, -0.2) is 18.4 Å². The second kappa shape index (κ2) is 5.46. The van der Waals surface area contributed by atoms with E-state index in [2.05, 4.69) is 5.32 Å². The fourth-order valence-electron chi connectivity index (χ4n) is 1.39. The van der Waals surface area contributed by atoms with Crippen LogP contribution < -0.4 is 11.1 Å². The Morgan fingerprint density at radius 3 is 2.88 bits per heavy atom. The molecule has 0 radical (unpaired) electrons. The maximum atomic E-state index is 11.4. The molecular formula is C11H16N2O3. The minimum atomic E-state index is -0.475. The molecule has 1 atom stereocenters. The lowest BCUT2D eigenvalue weighted by atomic mass is 10.0. The maximum Gasteiger partial charge on any atom is 0.337 e. The molecule has 0 bridgehead atoms. The number of cyclic esters (lactones) is 1. The van der Waals surface area contributed by atoms with E-state index in [1.54, 1.807) is 6.92 Å². The SMILES string of the molecule is CCC1=CC(=O)OC(NC(C)N)=C(C=O)C1. The first-order valence-electron chi connectivity index (χ1n) is 5.18. The van der Waals surface area contributed by atoms with Crippen LogP contribution in [0.1, 0.15) is 26.7 Å². The highest BCUT2D eigenvalue weighted by molar-refractivity contribution is 5.86. The summed E-state index contributed by atoms with van der Waals surface area (Å²) < 4.78 is 5.00. The zero-order valence-electron chi connectivity index (χ0n) is 9.45. The molecule has 5 heteroatoms. The predicted molar refractivity (Wildman–Crippen MR) is 59.0 cm³/mol. The Hall–Kier alpha value is -1.62. The lowest BCUT2D eigenvalue weighted by Crippen LogP contribution is -2.35. The summed E-state index contributed by atoms with van der Waals surface area (Å²) in [7, 11) is 0. The highest BCUT2D eigenvalue weighted by Crippen LogP contribution is 2.20. The molecule has 1 heterocycles. The van der Waals surface area contributed by atoms with Gasteiger partial charge in [-0.3, -0.25) is 4.79 Å². The molecule has 16 heavy (non-hydrogen) atoms. The second-order valence-corrected chi connectivity index (χ2v) is 3.66. The average Bonchev–Trinajstić information content (AvgIpc) is 2.36. The van der Waals surface area contributed by atoms with E-state index in [4.69, 9.17) is 10.5 Å². The predicted octanol–water partition coefficient (Wildman–Crippen LogP) is 0.574. The van der Waals surface area contributed by atoms with Gasteiger partial charge >= 0.3 is 5.97 Å². The number of carbonyl (C=O) groups excluding carboxylic acids is 2. The van der Waals surface area contributed by atoms with Crippen molar-refractivity contribution >= 4 is 12.3 Å². The number of aldehydes is 1. The van der Waals surface area contributed by atoms with Crippen molar-refractivity contribution in [1.82, 2.24) is 5.32 Å². The molecule has 3 N–H and O–H groups in total. The van der Waals surface area contributed by atoms with E-state index in [1.807, 2.05) is 6.92 Å². The van der Waals surface area contributed by atoms with Gasteiger partial charge in [-0.05, 0) is 13.3 Å². The van der Waals surface area contributed by atoms with Gasteiger partial charge in [0.25, 0.3) is 0 Å². The summed E-state index contributed by atoms with van der Waals surface area (Å²) in [6.45, 7) is 3.62. The molecule has 0 fully saturated rings. The van der Waals surface area contributed by atoms with Gasteiger partial charge in [-0.2, -0.15) is 0 Å². The summed E-state index contributed by atoms with van der Waals surface area (Å²) in [4.78, 5) is 22.3. The summed E-state index contributed by atoms with van der Waals surface area (Å²) in [6.07, 6.45) is 2.84. The molecular weight excluding hydrogens is 208 g/mol. The molecule has 0 saturated carbocycles. The monoisotopic (exact) mass is 224 g/mol. The highest BCUT2D eigenvalue weighted by atomic mass is 16.5. The van der Waals surface area contributed by atoms with E-state index in [0.29, 0.717) is 24.7 Å². The average molecular weight is 224 g/mol. The van der Waals surface area contributed by atoms with Gasteiger partial charge < -0.3 is 15.8 Å². The molecule has 0 amide bonds. The van der Waals surface area contributed by atoms with Crippen molar-refractivity contribution in [3.63, 3.8) is 0 Å². The van der Waals surface area contributed by atoms with Crippen molar-refractivity contribution in [1.29, 1.82) is 0 Å². The van der Waals surface area contributed by atoms with Crippen LogP contribution in [0, 0.1) is 0 Å². The maximum absolute atomic E-state index is 11.4. The van der Waals surface area contributed by atoms with Crippen LogP contribution in [-0.2, 0) is 14.3 Å². The van der Waals surface area contributed by atoms with E-state index in [1.165, 1.54) is 6.08 Å². The molecule has 1 aliphatic rings. The minimum Gasteiger partial charge on any atom is -0.406 e. The number of carbonyl (C=O) groups is 2. The summed E-state index contributed by atoms with van der Waals surface area (Å²) in [5.74, 6) is -0.313. The smallest absolute Gasteiger partial charge is 0.337 e. The normalized spacial score (nSPS) is 18.4. The molecule has 0 aromatic heterocycles. The van der Waals surface area contributed by atoms with Crippen molar-refractivity contribution < 1.29 is 14.3 Å². The Balaban J connectivity index is 2.99. The van der Waals surface area contributed by atoms with Crippen LogP contribution in [0.2, 0.25) is 0 Å². The number of nitrogens with two attached hydrogens (primary N) is 1. The third-order valence-corrected chi connectivity index (χ3v) is 2.19. The topological polar surface area (TPSA) is 81.4 Å². The number of hydrogen-bond acceptors (Lipinski definition) is 5. The van der Waals surface area contributed by atoms with E-state index >= 15 is 0 Å². The van der Waals surface area contributed by atoms with Crippen molar-refractivity contribution in [2.24, 2.45) is 5.73 Å². The van der Waals surface area contributed by atoms with Gasteiger partial charge in [0, 0.05) is 12.5 Å². The van der Waals surface area contributed by atoms with E-state index in [0.717, 1.165) is 5.57 Å². The molecule has 0 aromatic rings. The van der Waals surface area contributed by atoms with Gasteiger partial charge in [0.1, 0.15) is 0 Å². The second-order valence-electron chi connectivity index (χ2n) is 3.66. The molecule has 1 unspecified atom stereocenters. The lowest BCUT2D eigenvalue weighted by Gasteiger charge is -2.14. The van der Waals surface area contributed by atoms with Gasteiger partial charge in [0.15, 0.2) is 6.29 Å². The molecule has 5 nitrogen and oxygen atoms in total. The van der Waals surface area contributed by atoms with Gasteiger partial charge in [0.05, 0.1) is 11.7 Å². The van der Waals surface area contributed by atoms with Crippen molar-refractivity contribution in [3.05, 3.63) is 23.1 Å². The first-order chi connectivity index (χ1) is 7.56. The van der Waals surface area contributed by atoms with Crippen LogP contribution in [0.3, 0.4) is 0 Å². The molecule has 1 aliphatic heterocycles. The number of ether oxygens (including phenoxy) is 1. The van der Waals surface area contributed by atoms with Crippen molar-refractivity contribution in [2.45, 2.75) is 32.9 Å². The standard InChI is InChI=1S/C11H16N2O3/c1-3-8-4-9(6-14)11(13-7(2)12)16-10(15)5-8/h5-7,13H,3-4,12H2,1-2H3. The lowest BCUT2D eigenvalue weighted by molar-refractivity contribution is -0.134. The first-order valence-corrected chi connectivity index (χ1v) is 5.18. The Morgan fingerprint density at radius 2 is 2.38 bits per heavy atom. The van der Waals surface area contributed by atoms with Crippen LogP contribution in [0.5, 0.6) is 0 Å². The first kappa shape index (κ1) is 12.4. The third kappa shape index (κ3) is 3.20. The molecule has 0 aromatic carbocycles. The number of esters is 1. The molecule has 0 saturated heterocycles. The summed E-state index contributed by atoms with van der Waals surface area (Å²) in [5, 5.41) is 2.75. The Bertz CT molecular complexity index is 356. The summed E-state index contributed by atoms with van der Waals surface area (Å²) in [6, 6.07) is 0. The minimum absolute atomic E-state index is 0.162. The quantitative estimate of drug-likeness (QED) is 0.414. The number of rotatable bonds is 4. The van der Waals surface area contributed by atoms with Gasteiger partial charge in [0.2, 0.25) is 5.88 Å². The zero-order valence-corrected chi connectivity index (χ0v) is 9.45. The van der Waals surface area contributed by atoms with Gasteiger partial charge in [-0.25, -0.2) is 4.79 Å². The van der Waals surface area contributed by atoms with Crippen molar-refractivity contribution in [3.8, 4) is 0 Å².